The minimum Gasteiger partial charge on any atom is -0.493 e. The van der Waals surface area contributed by atoms with Crippen molar-refractivity contribution in [3.8, 4) is 5.75 Å². The lowest BCUT2D eigenvalue weighted by Gasteiger charge is -2.09. The number of hydrogen-bond acceptors (Lipinski definition) is 1. The lowest BCUT2D eigenvalue weighted by atomic mass is 10.1. The molecular formula is C21H35FO. The Balaban J connectivity index is 1.86. The molecule has 0 saturated heterocycles. The van der Waals surface area contributed by atoms with Crippen LogP contribution < -0.4 is 4.74 Å². The molecule has 0 spiro atoms. The zero-order chi connectivity index (χ0) is 16.8. The molecule has 0 aliphatic carbocycles. The highest BCUT2D eigenvalue weighted by Gasteiger charge is 2.00. The van der Waals surface area contributed by atoms with Gasteiger partial charge in [-0.2, -0.15) is 0 Å². The summed E-state index contributed by atoms with van der Waals surface area (Å²) in [6.45, 7) is 4.90. The van der Waals surface area contributed by atoms with Gasteiger partial charge in [-0.1, -0.05) is 77.6 Å². The molecule has 0 atom stereocenters. The molecule has 1 nitrogen and oxygen atoms in total. The molecule has 2 heteroatoms. The van der Waals surface area contributed by atoms with Gasteiger partial charge in [-0.05, 0) is 37.1 Å². The first-order valence-corrected chi connectivity index (χ1v) is 9.63. The average Bonchev–Trinajstić information content (AvgIpc) is 2.53. The van der Waals surface area contributed by atoms with Gasteiger partial charge in [0.05, 0.1) is 6.61 Å². The molecule has 0 heterocycles. The van der Waals surface area contributed by atoms with E-state index in [4.69, 9.17) is 4.74 Å². The fourth-order valence-electron chi connectivity index (χ4n) is 2.90. The Morgan fingerprint density at radius 2 is 1.30 bits per heavy atom. The van der Waals surface area contributed by atoms with E-state index in [1.807, 2.05) is 6.92 Å². The summed E-state index contributed by atoms with van der Waals surface area (Å²) in [5, 5.41) is 0. The van der Waals surface area contributed by atoms with Crippen LogP contribution in [0.5, 0.6) is 5.75 Å². The summed E-state index contributed by atoms with van der Waals surface area (Å²) in [5.74, 6) is 0.620. The van der Waals surface area contributed by atoms with Gasteiger partial charge in [-0.15, -0.1) is 0 Å². The molecule has 0 unspecified atom stereocenters. The third-order valence-electron chi connectivity index (χ3n) is 4.39. The summed E-state index contributed by atoms with van der Waals surface area (Å²) in [6, 6.07) is 4.72. The lowest BCUT2D eigenvalue weighted by Crippen LogP contribution is -1.99. The molecule has 0 amide bonds. The van der Waals surface area contributed by atoms with E-state index >= 15 is 0 Å². The third kappa shape index (κ3) is 10.4. The fraction of sp³-hybridized carbons (Fsp3) is 0.714. The third-order valence-corrected chi connectivity index (χ3v) is 4.39. The Morgan fingerprint density at radius 3 is 1.83 bits per heavy atom. The summed E-state index contributed by atoms with van der Waals surface area (Å²) in [7, 11) is 0. The highest BCUT2D eigenvalue weighted by atomic mass is 19.1. The summed E-state index contributed by atoms with van der Waals surface area (Å²) in [5.41, 5.74) is 0.879. The first kappa shape index (κ1) is 20.0. The van der Waals surface area contributed by atoms with Crippen molar-refractivity contribution in [2.24, 2.45) is 0 Å². The SMILES string of the molecule is CCCCCCCCCCCCCCOc1ccc(F)cc1C. The summed E-state index contributed by atoms with van der Waals surface area (Å²) in [4.78, 5) is 0. The van der Waals surface area contributed by atoms with E-state index in [1.54, 1.807) is 6.07 Å². The fourth-order valence-corrected chi connectivity index (χ4v) is 2.90. The van der Waals surface area contributed by atoms with Crippen LogP contribution in [0.25, 0.3) is 0 Å². The smallest absolute Gasteiger partial charge is 0.123 e. The monoisotopic (exact) mass is 322 g/mol. The van der Waals surface area contributed by atoms with Gasteiger partial charge < -0.3 is 4.74 Å². The summed E-state index contributed by atoms with van der Waals surface area (Å²) < 4.78 is 18.7. The Morgan fingerprint density at radius 1 is 0.783 bits per heavy atom. The van der Waals surface area contributed by atoms with Crippen LogP contribution in [0, 0.1) is 12.7 Å². The van der Waals surface area contributed by atoms with Crippen LogP contribution in [0.15, 0.2) is 18.2 Å². The van der Waals surface area contributed by atoms with Gasteiger partial charge in [0.1, 0.15) is 11.6 Å². The summed E-state index contributed by atoms with van der Waals surface area (Å²) >= 11 is 0. The van der Waals surface area contributed by atoms with Gasteiger partial charge in [-0.25, -0.2) is 4.39 Å². The number of unbranched alkanes of at least 4 members (excludes halogenated alkanes) is 11. The number of halogens is 1. The molecule has 0 aromatic heterocycles. The molecule has 0 aliphatic rings. The van der Waals surface area contributed by atoms with Crippen molar-refractivity contribution in [1.82, 2.24) is 0 Å². The van der Waals surface area contributed by atoms with Gasteiger partial charge in [-0.3, -0.25) is 0 Å². The summed E-state index contributed by atoms with van der Waals surface area (Å²) in [6.07, 6.45) is 16.2. The minimum absolute atomic E-state index is 0.194. The van der Waals surface area contributed by atoms with Crippen molar-refractivity contribution in [1.29, 1.82) is 0 Å². The molecule has 0 N–H and O–H groups in total. The maximum absolute atomic E-state index is 13.0. The normalized spacial score (nSPS) is 10.9. The van der Waals surface area contributed by atoms with E-state index in [0.29, 0.717) is 0 Å². The number of rotatable bonds is 14. The van der Waals surface area contributed by atoms with Crippen LogP contribution in [0.4, 0.5) is 4.39 Å². The van der Waals surface area contributed by atoms with Gasteiger partial charge in [0, 0.05) is 0 Å². The van der Waals surface area contributed by atoms with Gasteiger partial charge >= 0.3 is 0 Å². The van der Waals surface area contributed by atoms with Gasteiger partial charge in [0.2, 0.25) is 0 Å². The molecule has 1 aromatic carbocycles. The molecule has 0 aliphatic heterocycles. The molecule has 132 valence electrons. The molecule has 0 bridgehead atoms. The van der Waals surface area contributed by atoms with E-state index in [-0.39, 0.29) is 5.82 Å². The molecule has 1 rings (SSSR count). The predicted octanol–water partition coefficient (Wildman–Crippen LogP) is 7.21. The number of aryl methyl sites for hydroxylation is 1. The van der Waals surface area contributed by atoms with Crippen molar-refractivity contribution in [3.05, 3.63) is 29.6 Å². The second-order valence-electron chi connectivity index (χ2n) is 6.65. The number of ether oxygens (including phenoxy) is 1. The largest absolute Gasteiger partial charge is 0.493 e. The number of benzene rings is 1. The lowest BCUT2D eigenvalue weighted by molar-refractivity contribution is 0.302. The van der Waals surface area contributed by atoms with E-state index in [9.17, 15) is 4.39 Å². The second-order valence-corrected chi connectivity index (χ2v) is 6.65. The van der Waals surface area contributed by atoms with Gasteiger partial charge in [0.25, 0.3) is 0 Å². The highest BCUT2D eigenvalue weighted by molar-refractivity contribution is 5.32. The first-order valence-electron chi connectivity index (χ1n) is 9.63. The Hall–Kier alpha value is -1.05. The Kier molecular flexibility index (Phi) is 11.6. The van der Waals surface area contributed by atoms with E-state index in [0.717, 1.165) is 24.3 Å². The molecule has 1 aromatic rings. The van der Waals surface area contributed by atoms with E-state index < -0.39 is 0 Å². The van der Waals surface area contributed by atoms with Crippen LogP contribution in [0.1, 0.15) is 89.5 Å². The first-order chi connectivity index (χ1) is 11.2. The van der Waals surface area contributed by atoms with Crippen LogP contribution in [0.3, 0.4) is 0 Å². The highest BCUT2D eigenvalue weighted by Crippen LogP contribution is 2.19. The van der Waals surface area contributed by atoms with Crippen LogP contribution >= 0.6 is 0 Å². The van der Waals surface area contributed by atoms with Crippen LogP contribution in [-0.2, 0) is 0 Å². The van der Waals surface area contributed by atoms with Crippen LogP contribution in [0.2, 0.25) is 0 Å². The maximum Gasteiger partial charge on any atom is 0.123 e. The second kappa shape index (κ2) is 13.4. The average molecular weight is 323 g/mol. The Labute approximate surface area is 142 Å². The van der Waals surface area contributed by atoms with E-state index in [1.165, 1.54) is 82.8 Å². The topological polar surface area (TPSA) is 9.23 Å². The quantitative estimate of drug-likeness (QED) is 0.329. The number of hydrogen-bond donors (Lipinski definition) is 0. The minimum atomic E-state index is -0.194. The van der Waals surface area contributed by atoms with Crippen LogP contribution in [-0.4, -0.2) is 6.61 Å². The van der Waals surface area contributed by atoms with Gasteiger partial charge in [0.15, 0.2) is 0 Å². The molecule has 0 radical (unpaired) electrons. The molecule has 0 fully saturated rings. The van der Waals surface area contributed by atoms with E-state index in [2.05, 4.69) is 6.92 Å². The van der Waals surface area contributed by atoms with Crippen molar-refractivity contribution < 1.29 is 9.13 Å². The maximum atomic E-state index is 13.0. The van der Waals surface area contributed by atoms with Crippen molar-refractivity contribution in [3.63, 3.8) is 0 Å². The zero-order valence-corrected chi connectivity index (χ0v) is 15.2. The molecule has 0 saturated carbocycles. The molecule has 23 heavy (non-hydrogen) atoms. The zero-order valence-electron chi connectivity index (χ0n) is 15.2. The standard InChI is InChI=1S/C21H35FO/c1-3-4-5-6-7-8-9-10-11-12-13-14-17-23-21-16-15-20(22)18-19(21)2/h15-16,18H,3-14,17H2,1-2H3. The van der Waals surface area contributed by atoms with Crippen molar-refractivity contribution >= 4 is 0 Å². The van der Waals surface area contributed by atoms with Crippen molar-refractivity contribution in [2.75, 3.05) is 6.61 Å². The molecular weight excluding hydrogens is 287 g/mol. The predicted molar refractivity (Wildman–Crippen MR) is 97.7 cm³/mol. The van der Waals surface area contributed by atoms with Crippen molar-refractivity contribution in [2.45, 2.75) is 90.9 Å². The Bertz CT molecular complexity index is 403.